The Kier molecular flexibility index (Phi) is 7.10. The average molecular weight is 412 g/mol. The van der Waals surface area contributed by atoms with Crippen LogP contribution in [0.15, 0.2) is 42.5 Å². The number of benzene rings is 2. The molecule has 0 spiro atoms. The SMILES string of the molecule is CC(C)C(=O)Oc1c(C=O)cccc1C(=O)c1ccccc1OC(=O)OC(C)(C)C. The van der Waals surface area contributed by atoms with Gasteiger partial charge in [-0.3, -0.25) is 14.4 Å². The quantitative estimate of drug-likeness (QED) is 0.225. The number of rotatable bonds is 6. The summed E-state index contributed by atoms with van der Waals surface area (Å²) in [6.07, 6.45) is -0.459. The van der Waals surface area contributed by atoms with Gasteiger partial charge in [0.25, 0.3) is 0 Å². The minimum absolute atomic E-state index is 0.00570. The Morgan fingerprint density at radius 1 is 0.900 bits per heavy atom. The largest absolute Gasteiger partial charge is 0.514 e. The predicted octanol–water partition coefficient (Wildman–Crippen LogP) is 4.61. The van der Waals surface area contributed by atoms with Crippen molar-refractivity contribution in [3.63, 3.8) is 0 Å². The average Bonchev–Trinajstić information content (AvgIpc) is 2.66. The number of ether oxygens (including phenoxy) is 3. The lowest BCUT2D eigenvalue weighted by Crippen LogP contribution is -2.26. The first-order valence-corrected chi connectivity index (χ1v) is 9.38. The second kappa shape index (κ2) is 9.35. The normalized spacial score (nSPS) is 11.0. The molecule has 0 heterocycles. The van der Waals surface area contributed by atoms with Crippen molar-refractivity contribution in [3.05, 3.63) is 59.2 Å². The zero-order valence-corrected chi connectivity index (χ0v) is 17.6. The lowest BCUT2D eigenvalue weighted by atomic mass is 9.99. The number of ketones is 1. The number of carbonyl (C=O) groups excluding carboxylic acids is 4. The molecular weight excluding hydrogens is 388 g/mol. The van der Waals surface area contributed by atoms with Crippen LogP contribution in [0.3, 0.4) is 0 Å². The fraction of sp³-hybridized carbons (Fsp3) is 0.304. The molecule has 0 bridgehead atoms. The van der Waals surface area contributed by atoms with Gasteiger partial charge in [-0.2, -0.15) is 0 Å². The van der Waals surface area contributed by atoms with Crippen molar-refractivity contribution in [2.75, 3.05) is 0 Å². The summed E-state index contributed by atoms with van der Waals surface area (Å²) in [6.45, 7) is 8.33. The van der Waals surface area contributed by atoms with Crippen LogP contribution in [0.25, 0.3) is 0 Å². The highest BCUT2D eigenvalue weighted by Crippen LogP contribution is 2.30. The summed E-state index contributed by atoms with van der Waals surface area (Å²) in [5.41, 5.74) is -0.672. The van der Waals surface area contributed by atoms with E-state index in [1.807, 2.05) is 0 Å². The number of carbonyl (C=O) groups is 4. The first-order chi connectivity index (χ1) is 14.0. The Morgan fingerprint density at radius 3 is 2.13 bits per heavy atom. The molecule has 0 saturated carbocycles. The van der Waals surface area contributed by atoms with E-state index in [2.05, 4.69) is 0 Å². The highest BCUT2D eigenvalue weighted by Gasteiger charge is 2.25. The summed E-state index contributed by atoms with van der Waals surface area (Å²) in [4.78, 5) is 48.8. The molecule has 0 N–H and O–H groups in total. The second-order valence-electron chi connectivity index (χ2n) is 7.81. The lowest BCUT2D eigenvalue weighted by molar-refractivity contribution is -0.137. The summed E-state index contributed by atoms with van der Waals surface area (Å²) in [6, 6.07) is 10.5. The molecule has 2 aromatic carbocycles. The molecule has 7 heteroatoms. The van der Waals surface area contributed by atoms with E-state index in [1.165, 1.54) is 30.3 Å². The summed E-state index contributed by atoms with van der Waals surface area (Å²) < 4.78 is 15.7. The van der Waals surface area contributed by atoms with Crippen molar-refractivity contribution >= 4 is 24.2 Å². The van der Waals surface area contributed by atoms with Gasteiger partial charge >= 0.3 is 12.1 Å². The molecule has 7 nitrogen and oxygen atoms in total. The van der Waals surface area contributed by atoms with Gasteiger partial charge in [0.2, 0.25) is 5.78 Å². The number of aldehydes is 1. The predicted molar refractivity (Wildman–Crippen MR) is 109 cm³/mol. The fourth-order valence-electron chi connectivity index (χ4n) is 2.41. The van der Waals surface area contributed by atoms with E-state index in [0.29, 0.717) is 6.29 Å². The smallest absolute Gasteiger partial charge is 0.428 e. The molecule has 0 unspecified atom stereocenters. The van der Waals surface area contributed by atoms with Crippen LogP contribution in [-0.2, 0) is 9.53 Å². The maximum Gasteiger partial charge on any atom is 0.514 e. The number of hydrogen-bond acceptors (Lipinski definition) is 7. The Morgan fingerprint density at radius 2 is 1.53 bits per heavy atom. The van der Waals surface area contributed by atoms with Crippen LogP contribution in [0.4, 0.5) is 4.79 Å². The highest BCUT2D eigenvalue weighted by atomic mass is 16.7. The standard InChI is InChI=1S/C23H24O7/c1-14(2)21(26)29-20-15(13-24)9-8-11-17(20)19(25)16-10-6-7-12-18(16)28-22(27)30-23(3,4)5/h6-14H,1-5H3. The Balaban J connectivity index is 2.46. The van der Waals surface area contributed by atoms with Crippen LogP contribution < -0.4 is 9.47 Å². The number of hydrogen-bond donors (Lipinski definition) is 0. The fourth-order valence-corrected chi connectivity index (χ4v) is 2.41. The van der Waals surface area contributed by atoms with E-state index in [-0.39, 0.29) is 28.2 Å². The lowest BCUT2D eigenvalue weighted by Gasteiger charge is -2.19. The molecule has 2 rings (SSSR count). The topological polar surface area (TPSA) is 96.0 Å². The van der Waals surface area contributed by atoms with Gasteiger partial charge in [-0.05, 0) is 45.0 Å². The molecule has 0 amide bonds. The maximum absolute atomic E-state index is 13.2. The van der Waals surface area contributed by atoms with Crippen molar-refractivity contribution in [3.8, 4) is 11.5 Å². The van der Waals surface area contributed by atoms with Crippen molar-refractivity contribution in [2.45, 2.75) is 40.2 Å². The summed E-state index contributed by atoms with van der Waals surface area (Å²) in [5.74, 6) is -1.78. The maximum atomic E-state index is 13.2. The van der Waals surface area contributed by atoms with Crippen molar-refractivity contribution in [2.24, 2.45) is 5.92 Å². The van der Waals surface area contributed by atoms with Gasteiger partial charge in [-0.15, -0.1) is 0 Å². The minimum atomic E-state index is -0.962. The first kappa shape index (κ1) is 22.8. The van der Waals surface area contributed by atoms with E-state index < -0.39 is 29.4 Å². The highest BCUT2D eigenvalue weighted by molar-refractivity contribution is 6.13. The first-order valence-electron chi connectivity index (χ1n) is 9.38. The van der Waals surface area contributed by atoms with Crippen LogP contribution in [-0.4, -0.2) is 29.8 Å². The molecule has 30 heavy (non-hydrogen) atoms. The summed E-state index contributed by atoms with van der Waals surface area (Å²) in [7, 11) is 0. The van der Waals surface area contributed by atoms with Gasteiger partial charge in [0, 0.05) is 0 Å². The Bertz CT molecular complexity index is 968. The molecule has 158 valence electrons. The molecular formula is C23H24O7. The van der Waals surface area contributed by atoms with E-state index in [9.17, 15) is 19.2 Å². The molecule has 0 aliphatic heterocycles. The molecule has 0 aromatic heterocycles. The van der Waals surface area contributed by atoms with E-state index in [1.54, 1.807) is 46.8 Å². The third kappa shape index (κ3) is 5.76. The molecule has 0 atom stereocenters. The molecule has 0 fully saturated rings. The Labute approximate surface area is 174 Å². The van der Waals surface area contributed by atoms with Crippen LogP contribution in [0.5, 0.6) is 11.5 Å². The molecule has 0 aliphatic rings. The van der Waals surface area contributed by atoms with Crippen molar-refractivity contribution in [1.29, 1.82) is 0 Å². The van der Waals surface area contributed by atoms with Gasteiger partial charge in [0.05, 0.1) is 22.6 Å². The van der Waals surface area contributed by atoms with E-state index in [0.717, 1.165) is 0 Å². The third-order valence-electron chi connectivity index (χ3n) is 3.81. The van der Waals surface area contributed by atoms with Gasteiger partial charge < -0.3 is 14.2 Å². The van der Waals surface area contributed by atoms with Crippen LogP contribution in [0, 0.1) is 5.92 Å². The molecule has 0 radical (unpaired) electrons. The number of para-hydroxylation sites is 2. The van der Waals surface area contributed by atoms with Gasteiger partial charge in [0.1, 0.15) is 11.4 Å². The van der Waals surface area contributed by atoms with E-state index >= 15 is 0 Å². The Hall–Kier alpha value is -3.48. The zero-order valence-electron chi connectivity index (χ0n) is 17.6. The molecule has 0 aliphatic carbocycles. The van der Waals surface area contributed by atoms with Crippen LogP contribution in [0.2, 0.25) is 0 Å². The van der Waals surface area contributed by atoms with Gasteiger partial charge in [-0.25, -0.2) is 4.79 Å². The van der Waals surface area contributed by atoms with Crippen molar-refractivity contribution in [1.82, 2.24) is 0 Å². The summed E-state index contributed by atoms with van der Waals surface area (Å²) >= 11 is 0. The van der Waals surface area contributed by atoms with Crippen LogP contribution in [0.1, 0.15) is 60.9 Å². The minimum Gasteiger partial charge on any atom is -0.428 e. The van der Waals surface area contributed by atoms with Gasteiger partial charge in [-0.1, -0.05) is 32.0 Å². The third-order valence-corrected chi connectivity index (χ3v) is 3.81. The van der Waals surface area contributed by atoms with Gasteiger partial charge in [0.15, 0.2) is 12.0 Å². The zero-order chi connectivity index (χ0) is 22.5. The monoisotopic (exact) mass is 412 g/mol. The van der Waals surface area contributed by atoms with E-state index in [4.69, 9.17) is 14.2 Å². The molecule has 2 aromatic rings. The molecule has 0 saturated heterocycles. The summed E-state index contributed by atoms with van der Waals surface area (Å²) in [5, 5.41) is 0. The van der Waals surface area contributed by atoms with Crippen molar-refractivity contribution < 1.29 is 33.4 Å². The van der Waals surface area contributed by atoms with Crippen LogP contribution >= 0.6 is 0 Å². The number of esters is 1. The second-order valence-corrected chi connectivity index (χ2v) is 7.81.